The SMILES string of the molecule is CCC1(C)C(C(=O)OC)=C(C(=O)OC)OC(=O)C1C(=O)OC. The molecule has 8 heteroatoms. The van der Waals surface area contributed by atoms with Crippen molar-refractivity contribution in [3.8, 4) is 0 Å². The van der Waals surface area contributed by atoms with Gasteiger partial charge in [0.05, 0.1) is 26.9 Å². The van der Waals surface area contributed by atoms with Crippen molar-refractivity contribution < 1.29 is 38.1 Å². The highest BCUT2D eigenvalue weighted by Crippen LogP contribution is 2.46. The van der Waals surface area contributed by atoms with E-state index in [0.717, 1.165) is 21.3 Å². The van der Waals surface area contributed by atoms with E-state index in [1.807, 2.05) is 0 Å². The molecule has 2 unspecified atom stereocenters. The van der Waals surface area contributed by atoms with E-state index in [1.54, 1.807) is 6.92 Å². The number of cyclic esters (lactones) is 1. The first kappa shape index (κ1) is 17.7. The van der Waals surface area contributed by atoms with Gasteiger partial charge in [0, 0.05) is 5.41 Å². The summed E-state index contributed by atoms with van der Waals surface area (Å²) in [7, 11) is 3.31. The van der Waals surface area contributed by atoms with Crippen molar-refractivity contribution in [2.24, 2.45) is 11.3 Å². The second-order valence-electron chi connectivity index (χ2n) is 4.84. The second kappa shape index (κ2) is 6.59. The zero-order valence-electron chi connectivity index (χ0n) is 13.1. The van der Waals surface area contributed by atoms with Gasteiger partial charge in [0.1, 0.15) is 0 Å². The Bertz CT molecular complexity index is 547. The average molecular weight is 314 g/mol. The summed E-state index contributed by atoms with van der Waals surface area (Å²) in [5, 5.41) is 0. The van der Waals surface area contributed by atoms with E-state index in [4.69, 9.17) is 4.74 Å². The van der Waals surface area contributed by atoms with E-state index in [2.05, 4.69) is 14.2 Å². The van der Waals surface area contributed by atoms with Gasteiger partial charge in [-0.15, -0.1) is 0 Å². The van der Waals surface area contributed by atoms with Gasteiger partial charge in [-0.25, -0.2) is 9.59 Å². The van der Waals surface area contributed by atoms with Gasteiger partial charge in [0.15, 0.2) is 5.92 Å². The third kappa shape index (κ3) is 2.68. The molecule has 0 bridgehead atoms. The Morgan fingerprint density at radius 2 is 1.64 bits per heavy atom. The zero-order chi connectivity index (χ0) is 17.1. The summed E-state index contributed by atoms with van der Waals surface area (Å²) in [6.45, 7) is 3.15. The highest BCUT2D eigenvalue weighted by molar-refractivity contribution is 6.08. The molecule has 0 aromatic carbocycles. The molecule has 0 saturated carbocycles. The molecule has 0 amide bonds. The van der Waals surface area contributed by atoms with E-state index in [-0.39, 0.29) is 12.0 Å². The molecule has 0 fully saturated rings. The molecule has 2 atom stereocenters. The van der Waals surface area contributed by atoms with E-state index in [0.29, 0.717) is 0 Å². The van der Waals surface area contributed by atoms with E-state index in [1.165, 1.54) is 6.92 Å². The monoisotopic (exact) mass is 314 g/mol. The molecule has 0 saturated heterocycles. The molecular formula is C14H18O8. The quantitative estimate of drug-likeness (QED) is 0.416. The van der Waals surface area contributed by atoms with Crippen LogP contribution in [0.4, 0.5) is 0 Å². The van der Waals surface area contributed by atoms with Crippen LogP contribution in [0, 0.1) is 11.3 Å². The van der Waals surface area contributed by atoms with Gasteiger partial charge in [-0.05, 0) is 6.42 Å². The van der Waals surface area contributed by atoms with Crippen molar-refractivity contribution in [3.05, 3.63) is 11.3 Å². The maximum absolute atomic E-state index is 12.1. The molecule has 122 valence electrons. The fraction of sp³-hybridized carbons (Fsp3) is 0.571. The standard InChI is InChI=1S/C14H18O8/c1-6-14(2)7(10(15)19-3)9(13(18)21-5)22-12(17)8(14)11(16)20-4/h8H,6H2,1-5H3. The number of hydrogen-bond acceptors (Lipinski definition) is 8. The molecule has 1 rings (SSSR count). The minimum atomic E-state index is -1.38. The number of hydrogen-bond donors (Lipinski definition) is 0. The molecule has 1 aliphatic rings. The summed E-state index contributed by atoms with van der Waals surface area (Å²) in [5.74, 6) is -5.68. The Balaban J connectivity index is 3.65. The first-order valence-electron chi connectivity index (χ1n) is 6.49. The van der Waals surface area contributed by atoms with Gasteiger partial charge in [0.25, 0.3) is 0 Å². The number of methoxy groups -OCH3 is 3. The van der Waals surface area contributed by atoms with E-state index in [9.17, 15) is 19.2 Å². The van der Waals surface area contributed by atoms with Gasteiger partial charge in [-0.3, -0.25) is 9.59 Å². The molecule has 0 aliphatic carbocycles. The lowest BCUT2D eigenvalue weighted by Gasteiger charge is -2.38. The normalized spacial score (nSPS) is 24.4. The smallest absolute Gasteiger partial charge is 0.374 e. The number of ether oxygens (including phenoxy) is 4. The lowest BCUT2D eigenvalue weighted by molar-refractivity contribution is -0.170. The van der Waals surface area contributed by atoms with Crippen LogP contribution in [-0.2, 0) is 38.1 Å². The summed E-state index contributed by atoms with van der Waals surface area (Å²) >= 11 is 0. The van der Waals surface area contributed by atoms with Gasteiger partial charge >= 0.3 is 23.9 Å². The Hall–Kier alpha value is -2.38. The number of carbonyl (C=O) groups is 4. The third-order valence-electron chi connectivity index (χ3n) is 3.81. The zero-order valence-corrected chi connectivity index (χ0v) is 13.1. The van der Waals surface area contributed by atoms with Crippen molar-refractivity contribution in [2.45, 2.75) is 20.3 Å². The maximum Gasteiger partial charge on any atom is 0.374 e. The summed E-state index contributed by atoms with van der Waals surface area (Å²) < 4.78 is 18.7. The maximum atomic E-state index is 12.1. The van der Waals surface area contributed by atoms with Crippen molar-refractivity contribution in [1.29, 1.82) is 0 Å². The second-order valence-corrected chi connectivity index (χ2v) is 4.84. The third-order valence-corrected chi connectivity index (χ3v) is 3.81. The van der Waals surface area contributed by atoms with Crippen LogP contribution < -0.4 is 0 Å². The lowest BCUT2D eigenvalue weighted by atomic mass is 9.67. The van der Waals surface area contributed by atoms with Crippen LogP contribution in [0.15, 0.2) is 11.3 Å². The predicted octanol–water partition coefficient (Wildman–Crippen LogP) is 0.349. The molecule has 0 radical (unpaired) electrons. The van der Waals surface area contributed by atoms with Crippen LogP contribution in [0.25, 0.3) is 0 Å². The van der Waals surface area contributed by atoms with Gasteiger partial charge in [-0.2, -0.15) is 0 Å². The number of esters is 4. The molecule has 0 N–H and O–H groups in total. The van der Waals surface area contributed by atoms with Crippen molar-refractivity contribution in [3.63, 3.8) is 0 Å². The molecule has 1 aliphatic heterocycles. The summed E-state index contributed by atoms with van der Waals surface area (Å²) in [5.41, 5.74) is -1.54. The number of rotatable bonds is 4. The fourth-order valence-electron chi connectivity index (χ4n) is 2.39. The van der Waals surface area contributed by atoms with Crippen LogP contribution in [0.3, 0.4) is 0 Å². The minimum absolute atomic E-state index is 0.187. The van der Waals surface area contributed by atoms with Crippen LogP contribution in [0.2, 0.25) is 0 Å². The molecule has 0 aromatic heterocycles. The molecule has 8 nitrogen and oxygen atoms in total. The van der Waals surface area contributed by atoms with Gasteiger partial charge < -0.3 is 18.9 Å². The van der Waals surface area contributed by atoms with Gasteiger partial charge in [0.2, 0.25) is 5.76 Å². The Labute approximate surface area is 127 Å². The largest absolute Gasteiger partial charge is 0.468 e. The van der Waals surface area contributed by atoms with Gasteiger partial charge in [-0.1, -0.05) is 13.8 Å². The van der Waals surface area contributed by atoms with E-state index < -0.39 is 41.0 Å². The Morgan fingerprint density at radius 1 is 1.09 bits per heavy atom. The van der Waals surface area contributed by atoms with Crippen LogP contribution in [-0.4, -0.2) is 45.2 Å². The fourth-order valence-corrected chi connectivity index (χ4v) is 2.39. The lowest BCUT2D eigenvalue weighted by Crippen LogP contribution is -2.48. The summed E-state index contributed by atoms with van der Waals surface area (Å²) in [6, 6.07) is 0. The van der Waals surface area contributed by atoms with Crippen LogP contribution >= 0.6 is 0 Å². The average Bonchev–Trinajstić information content (AvgIpc) is 2.52. The minimum Gasteiger partial charge on any atom is -0.468 e. The van der Waals surface area contributed by atoms with Crippen molar-refractivity contribution >= 4 is 23.9 Å². The first-order valence-corrected chi connectivity index (χ1v) is 6.49. The van der Waals surface area contributed by atoms with Crippen molar-refractivity contribution in [2.75, 3.05) is 21.3 Å². The summed E-state index contributed by atoms with van der Waals surface area (Å²) in [4.78, 5) is 48.0. The van der Waals surface area contributed by atoms with Crippen LogP contribution in [0.5, 0.6) is 0 Å². The Morgan fingerprint density at radius 3 is 2.05 bits per heavy atom. The molecular weight excluding hydrogens is 296 g/mol. The van der Waals surface area contributed by atoms with Crippen LogP contribution in [0.1, 0.15) is 20.3 Å². The van der Waals surface area contributed by atoms with Crippen molar-refractivity contribution in [1.82, 2.24) is 0 Å². The molecule has 22 heavy (non-hydrogen) atoms. The topological polar surface area (TPSA) is 105 Å². The number of carbonyl (C=O) groups excluding carboxylic acids is 4. The molecule has 1 heterocycles. The highest BCUT2D eigenvalue weighted by atomic mass is 16.6. The van der Waals surface area contributed by atoms with E-state index >= 15 is 0 Å². The molecule has 0 spiro atoms. The molecule has 0 aromatic rings. The first-order chi connectivity index (χ1) is 10.3. The summed E-state index contributed by atoms with van der Waals surface area (Å²) in [6.07, 6.45) is 0.187. The Kier molecular flexibility index (Phi) is 5.29. The highest BCUT2D eigenvalue weighted by Gasteiger charge is 2.56. The predicted molar refractivity (Wildman–Crippen MR) is 71.1 cm³/mol.